The lowest BCUT2D eigenvalue weighted by molar-refractivity contribution is 0.0857. The van der Waals surface area contributed by atoms with Crippen molar-refractivity contribution >= 4 is 17.5 Å². The number of nitrogens with one attached hydrogen (secondary N) is 1. The van der Waals surface area contributed by atoms with E-state index < -0.39 is 0 Å². The number of aromatic nitrogens is 1. The molecule has 1 N–H and O–H groups in total. The van der Waals surface area contributed by atoms with E-state index in [0.29, 0.717) is 24.2 Å². The number of pyridine rings is 1. The number of ether oxygens (including phenoxy) is 1. The molecule has 6 nitrogen and oxygen atoms in total. The zero-order valence-corrected chi connectivity index (χ0v) is 14.9. The molecule has 1 saturated heterocycles. The first-order valence-electron chi connectivity index (χ1n) is 8.91. The molecule has 2 amide bonds. The third-order valence-corrected chi connectivity index (χ3v) is 4.39. The number of rotatable bonds is 6. The highest BCUT2D eigenvalue weighted by Gasteiger charge is 2.19. The highest BCUT2D eigenvalue weighted by molar-refractivity contribution is 6.07. The number of nitrogens with zero attached hydrogens (tertiary/aromatic N) is 2. The maximum absolute atomic E-state index is 12.9. The minimum absolute atomic E-state index is 0.0744. The van der Waals surface area contributed by atoms with Crippen molar-refractivity contribution in [1.29, 1.82) is 0 Å². The fraction of sp³-hybridized carbons (Fsp3) is 0.350. The van der Waals surface area contributed by atoms with Crippen molar-refractivity contribution in [2.24, 2.45) is 0 Å². The van der Waals surface area contributed by atoms with E-state index in [1.807, 2.05) is 37.3 Å². The molecule has 3 rings (SSSR count). The summed E-state index contributed by atoms with van der Waals surface area (Å²) in [6.07, 6.45) is 5.02. The molecular formula is C20H23N3O3. The molecule has 0 spiro atoms. The zero-order chi connectivity index (χ0) is 18.4. The average molecular weight is 353 g/mol. The predicted octanol–water partition coefficient (Wildman–Crippen LogP) is 2.66. The van der Waals surface area contributed by atoms with Crippen LogP contribution >= 0.6 is 0 Å². The van der Waals surface area contributed by atoms with Crippen molar-refractivity contribution in [3.8, 4) is 0 Å². The molecule has 2 heterocycles. The van der Waals surface area contributed by atoms with Gasteiger partial charge in [0, 0.05) is 37.8 Å². The van der Waals surface area contributed by atoms with Crippen molar-refractivity contribution in [2.45, 2.75) is 25.9 Å². The Morgan fingerprint density at radius 2 is 2.00 bits per heavy atom. The molecule has 26 heavy (non-hydrogen) atoms. The van der Waals surface area contributed by atoms with Crippen molar-refractivity contribution in [2.75, 3.05) is 24.6 Å². The van der Waals surface area contributed by atoms with Gasteiger partial charge in [0.25, 0.3) is 11.8 Å². The number of hydrogen-bond acceptors (Lipinski definition) is 4. The van der Waals surface area contributed by atoms with Crippen molar-refractivity contribution in [1.82, 2.24) is 10.3 Å². The Morgan fingerprint density at radius 1 is 1.23 bits per heavy atom. The van der Waals surface area contributed by atoms with Crippen LogP contribution in [0.25, 0.3) is 0 Å². The van der Waals surface area contributed by atoms with Crippen LogP contribution in [0.3, 0.4) is 0 Å². The Bertz CT molecular complexity index is 758. The molecular weight excluding hydrogens is 330 g/mol. The molecule has 1 aliphatic heterocycles. The lowest BCUT2D eigenvalue weighted by atomic mass is 10.1. The average Bonchev–Trinajstić information content (AvgIpc) is 3.21. The van der Waals surface area contributed by atoms with Gasteiger partial charge < -0.3 is 15.0 Å². The van der Waals surface area contributed by atoms with Crippen LogP contribution in [0.2, 0.25) is 0 Å². The SMILES string of the molecule is CCN(C(=O)c1cncc(C(=O)NCC2CCCO2)c1)c1ccccc1. The molecule has 0 bridgehead atoms. The van der Waals surface area contributed by atoms with Gasteiger partial charge in [0.2, 0.25) is 0 Å². The van der Waals surface area contributed by atoms with Gasteiger partial charge in [-0.15, -0.1) is 0 Å². The van der Waals surface area contributed by atoms with Gasteiger partial charge in [-0.05, 0) is 38.0 Å². The highest BCUT2D eigenvalue weighted by Crippen LogP contribution is 2.17. The molecule has 0 aliphatic carbocycles. The topological polar surface area (TPSA) is 71.5 Å². The molecule has 1 aliphatic rings. The van der Waals surface area contributed by atoms with Gasteiger partial charge in [-0.3, -0.25) is 14.6 Å². The quantitative estimate of drug-likeness (QED) is 0.867. The molecule has 2 aromatic rings. The van der Waals surface area contributed by atoms with Crippen LogP contribution in [0.1, 0.15) is 40.5 Å². The van der Waals surface area contributed by atoms with Crippen LogP contribution in [0.5, 0.6) is 0 Å². The van der Waals surface area contributed by atoms with Crippen molar-refractivity contribution in [3.63, 3.8) is 0 Å². The molecule has 0 saturated carbocycles. The summed E-state index contributed by atoms with van der Waals surface area (Å²) in [4.78, 5) is 30.9. The largest absolute Gasteiger partial charge is 0.376 e. The van der Waals surface area contributed by atoms with Crippen LogP contribution in [0.4, 0.5) is 5.69 Å². The number of anilines is 1. The Balaban J connectivity index is 1.71. The van der Waals surface area contributed by atoms with E-state index >= 15 is 0 Å². The molecule has 6 heteroatoms. The normalized spacial score (nSPS) is 16.3. The number of para-hydroxylation sites is 1. The van der Waals surface area contributed by atoms with E-state index in [-0.39, 0.29) is 17.9 Å². The van der Waals surface area contributed by atoms with E-state index in [9.17, 15) is 9.59 Å². The zero-order valence-electron chi connectivity index (χ0n) is 14.9. The van der Waals surface area contributed by atoms with Crippen LogP contribution in [-0.4, -0.2) is 42.6 Å². The fourth-order valence-electron chi connectivity index (χ4n) is 3.00. The second-order valence-corrected chi connectivity index (χ2v) is 6.19. The number of amides is 2. The molecule has 1 fully saturated rings. The predicted molar refractivity (Wildman–Crippen MR) is 99.3 cm³/mol. The monoisotopic (exact) mass is 353 g/mol. The molecule has 0 radical (unpaired) electrons. The summed E-state index contributed by atoms with van der Waals surface area (Å²) < 4.78 is 5.51. The van der Waals surface area contributed by atoms with Gasteiger partial charge in [0.1, 0.15) is 0 Å². The highest BCUT2D eigenvalue weighted by atomic mass is 16.5. The summed E-state index contributed by atoms with van der Waals surface area (Å²) in [7, 11) is 0. The lowest BCUT2D eigenvalue weighted by Crippen LogP contribution is -2.33. The molecule has 1 aromatic heterocycles. The number of carbonyl (C=O) groups is 2. The number of benzene rings is 1. The Kier molecular flexibility index (Phi) is 5.96. The van der Waals surface area contributed by atoms with Crippen molar-refractivity contribution in [3.05, 3.63) is 59.9 Å². The van der Waals surface area contributed by atoms with Gasteiger partial charge >= 0.3 is 0 Å². The van der Waals surface area contributed by atoms with Gasteiger partial charge in [0.15, 0.2) is 0 Å². The second kappa shape index (κ2) is 8.58. The third-order valence-electron chi connectivity index (χ3n) is 4.39. The van der Waals surface area contributed by atoms with Gasteiger partial charge in [-0.2, -0.15) is 0 Å². The minimum Gasteiger partial charge on any atom is -0.376 e. The lowest BCUT2D eigenvalue weighted by Gasteiger charge is -2.21. The second-order valence-electron chi connectivity index (χ2n) is 6.19. The first kappa shape index (κ1) is 18.1. The summed E-state index contributed by atoms with van der Waals surface area (Å²) in [6.45, 7) is 3.66. The molecule has 1 atom stereocenters. The number of carbonyl (C=O) groups excluding carboxylic acids is 2. The van der Waals surface area contributed by atoms with Gasteiger partial charge in [-0.25, -0.2) is 0 Å². The first-order chi connectivity index (χ1) is 12.7. The van der Waals surface area contributed by atoms with E-state index in [0.717, 1.165) is 25.1 Å². The summed E-state index contributed by atoms with van der Waals surface area (Å²) in [6, 6.07) is 11.0. The van der Waals surface area contributed by atoms with Crippen LogP contribution in [0.15, 0.2) is 48.8 Å². The van der Waals surface area contributed by atoms with Gasteiger partial charge in [0.05, 0.1) is 17.2 Å². The Hall–Kier alpha value is -2.73. The summed E-state index contributed by atoms with van der Waals surface area (Å²) >= 11 is 0. The van der Waals surface area contributed by atoms with E-state index in [2.05, 4.69) is 10.3 Å². The van der Waals surface area contributed by atoms with Crippen LogP contribution in [0, 0.1) is 0 Å². The number of hydrogen-bond donors (Lipinski definition) is 1. The smallest absolute Gasteiger partial charge is 0.259 e. The minimum atomic E-state index is -0.245. The van der Waals surface area contributed by atoms with Crippen molar-refractivity contribution < 1.29 is 14.3 Å². The summed E-state index contributed by atoms with van der Waals surface area (Å²) in [5, 5.41) is 2.85. The van der Waals surface area contributed by atoms with E-state index in [1.54, 1.807) is 11.0 Å². The standard InChI is InChI=1S/C20H23N3O3/c1-2-23(17-7-4-3-5-8-17)20(25)16-11-15(12-21-13-16)19(24)22-14-18-9-6-10-26-18/h3-5,7-8,11-13,18H,2,6,9-10,14H2,1H3,(H,22,24). The Morgan fingerprint density at radius 3 is 2.69 bits per heavy atom. The van der Waals surface area contributed by atoms with Crippen LogP contribution < -0.4 is 10.2 Å². The first-order valence-corrected chi connectivity index (χ1v) is 8.91. The van der Waals surface area contributed by atoms with E-state index in [4.69, 9.17) is 4.74 Å². The summed E-state index contributed by atoms with van der Waals surface area (Å²) in [5.74, 6) is -0.426. The Labute approximate surface area is 153 Å². The molecule has 136 valence electrons. The summed E-state index contributed by atoms with van der Waals surface area (Å²) in [5.41, 5.74) is 1.58. The maximum atomic E-state index is 12.9. The molecule has 1 aromatic carbocycles. The third kappa shape index (κ3) is 4.26. The van der Waals surface area contributed by atoms with Gasteiger partial charge in [-0.1, -0.05) is 18.2 Å². The van der Waals surface area contributed by atoms with E-state index in [1.165, 1.54) is 12.4 Å². The maximum Gasteiger partial charge on any atom is 0.259 e. The van der Waals surface area contributed by atoms with Crippen LogP contribution in [-0.2, 0) is 4.74 Å². The fourth-order valence-corrected chi connectivity index (χ4v) is 3.00. The molecule has 1 unspecified atom stereocenters.